The summed E-state index contributed by atoms with van der Waals surface area (Å²) in [6.45, 7) is 14.0. The molecular weight excluding hydrogens is 369 g/mol. The van der Waals surface area contributed by atoms with Crippen molar-refractivity contribution in [3.05, 3.63) is 82.5 Å². The van der Waals surface area contributed by atoms with Gasteiger partial charge in [-0.25, -0.2) is 36.3 Å². The molecule has 0 unspecified atom stereocenters. The second-order valence-electron chi connectivity index (χ2n) is 7.02. The maximum atomic E-state index is 13.3. The molecule has 1 N–H and O–H groups in total. The molecule has 0 amide bonds. The van der Waals surface area contributed by atoms with Gasteiger partial charge in [0.25, 0.3) is 11.1 Å². The molecule has 2 aliphatic carbocycles. The van der Waals surface area contributed by atoms with E-state index in [0.29, 0.717) is 0 Å². The Bertz CT molecular complexity index is 863. The molecule has 8 heteroatoms. The predicted octanol–water partition coefficient (Wildman–Crippen LogP) is 3.96. The lowest BCUT2D eigenvalue weighted by molar-refractivity contribution is 0.0365. The summed E-state index contributed by atoms with van der Waals surface area (Å²) in [6, 6.07) is 5.49. The Morgan fingerprint density at radius 3 is 1.64 bits per heavy atom. The van der Waals surface area contributed by atoms with Crippen molar-refractivity contribution in [2.75, 3.05) is 0 Å². The quantitative estimate of drug-likeness (QED) is 0.795. The molecule has 2 aromatic rings. The molecule has 0 spiro atoms. The van der Waals surface area contributed by atoms with Crippen LogP contribution in [0.3, 0.4) is 0 Å². The smallest absolute Gasteiger partial charge is 0.282 e. The minimum atomic E-state index is -1.05. The van der Waals surface area contributed by atoms with Crippen molar-refractivity contribution in [3.63, 3.8) is 0 Å². The number of pyridine rings is 2. The van der Waals surface area contributed by atoms with Gasteiger partial charge in [0.2, 0.25) is 0 Å². The first-order valence-electron chi connectivity index (χ1n) is 8.67. The van der Waals surface area contributed by atoms with E-state index < -0.39 is 35.0 Å². The van der Waals surface area contributed by atoms with E-state index in [-0.39, 0.29) is 37.1 Å². The van der Waals surface area contributed by atoms with Crippen molar-refractivity contribution in [1.29, 1.82) is 0 Å². The lowest BCUT2D eigenvalue weighted by atomic mass is 9.72. The Morgan fingerprint density at radius 2 is 1.32 bits per heavy atom. The van der Waals surface area contributed by atoms with Crippen molar-refractivity contribution in [2.24, 2.45) is 0 Å². The highest BCUT2D eigenvalue weighted by Gasteiger charge is 2.56. The van der Waals surface area contributed by atoms with Gasteiger partial charge in [0.15, 0.2) is 23.0 Å². The minimum Gasteiger partial charge on any atom is -0.392 e. The van der Waals surface area contributed by atoms with Crippen LogP contribution in [0.4, 0.5) is 13.2 Å². The van der Waals surface area contributed by atoms with E-state index in [1.807, 2.05) is 0 Å². The fourth-order valence-electron chi connectivity index (χ4n) is 3.52. The summed E-state index contributed by atoms with van der Waals surface area (Å²) in [5.74, 6) is -0.981. The highest BCUT2D eigenvalue weighted by molar-refractivity contribution is 5.28. The van der Waals surface area contributed by atoms with Crippen LogP contribution in [-0.2, 0) is 11.1 Å². The van der Waals surface area contributed by atoms with Crippen LogP contribution in [0.15, 0.2) is 36.7 Å². The number of aliphatic hydroxyl groups excluding tert-OH is 1. The van der Waals surface area contributed by atoms with E-state index in [4.69, 9.17) is 13.1 Å². The first kappa shape index (κ1) is 19.8. The molecule has 0 aromatic carbocycles. The number of halogens is 3. The highest BCUT2D eigenvalue weighted by Crippen LogP contribution is 2.47. The zero-order valence-electron chi connectivity index (χ0n) is 14.8. The molecule has 5 nitrogen and oxygen atoms in total. The number of aliphatic hydroxyl groups is 1. The standard InChI is InChI=1S/C10H8F2N2.C10H9FN2O/c1-13-10(5-7(11)6-10)9-8(12)3-2-4-14-9;1-12-10(5-7(14)6-10)9-8(11)3-2-4-13-9/h2-4,7H,5-6H2;2-4,7,14H,5-6H2. The van der Waals surface area contributed by atoms with Gasteiger partial charge in [0.05, 0.1) is 31.8 Å². The topological polar surface area (TPSA) is 54.7 Å². The largest absolute Gasteiger partial charge is 0.392 e. The van der Waals surface area contributed by atoms with Gasteiger partial charge in [-0.05, 0) is 24.3 Å². The van der Waals surface area contributed by atoms with Crippen LogP contribution in [0, 0.1) is 24.8 Å². The second-order valence-corrected chi connectivity index (χ2v) is 7.02. The van der Waals surface area contributed by atoms with Gasteiger partial charge in [0.1, 0.15) is 6.17 Å². The second kappa shape index (κ2) is 7.57. The first-order valence-corrected chi connectivity index (χ1v) is 8.67. The molecular formula is C20H17F3N4O. The molecule has 2 fully saturated rings. The van der Waals surface area contributed by atoms with Crippen molar-refractivity contribution < 1.29 is 18.3 Å². The number of alkyl halides is 1. The fraction of sp³-hybridized carbons (Fsp3) is 0.400. The van der Waals surface area contributed by atoms with Gasteiger partial charge < -0.3 is 14.8 Å². The van der Waals surface area contributed by atoms with E-state index in [0.717, 1.165) is 0 Å². The molecule has 0 atom stereocenters. The summed E-state index contributed by atoms with van der Waals surface area (Å²) in [5, 5.41) is 9.17. The molecule has 2 aromatic heterocycles. The number of nitrogens with zero attached hydrogens (tertiary/aromatic N) is 4. The normalized spacial score (nSPS) is 30.5. The summed E-state index contributed by atoms with van der Waals surface area (Å²) in [5.41, 5.74) is -1.72. The Balaban J connectivity index is 0.000000161. The van der Waals surface area contributed by atoms with Crippen LogP contribution >= 0.6 is 0 Å². The van der Waals surface area contributed by atoms with Crippen molar-refractivity contribution >= 4 is 0 Å². The predicted molar refractivity (Wildman–Crippen MR) is 94.3 cm³/mol. The van der Waals surface area contributed by atoms with E-state index in [2.05, 4.69) is 19.7 Å². The zero-order valence-corrected chi connectivity index (χ0v) is 14.8. The molecule has 0 radical (unpaired) electrons. The minimum absolute atomic E-state index is 0.0600. The van der Waals surface area contributed by atoms with Crippen LogP contribution in [-0.4, -0.2) is 27.4 Å². The number of hydrogen-bond acceptors (Lipinski definition) is 3. The average molecular weight is 386 g/mol. The zero-order chi connectivity index (χ0) is 20.4. The summed E-state index contributed by atoms with van der Waals surface area (Å²) < 4.78 is 39.3. The van der Waals surface area contributed by atoms with Crippen LogP contribution < -0.4 is 0 Å². The van der Waals surface area contributed by atoms with Crippen molar-refractivity contribution in [1.82, 2.24) is 9.97 Å². The van der Waals surface area contributed by atoms with Gasteiger partial charge in [-0.15, -0.1) is 0 Å². The molecule has 2 heterocycles. The van der Waals surface area contributed by atoms with Gasteiger partial charge >= 0.3 is 0 Å². The molecule has 0 aliphatic heterocycles. The SMILES string of the molecule is [C-]#[N+]C1(c2ncccc2F)CC(F)C1.[C-]#[N+]C1(c2ncccc2F)CC(O)C1. The van der Waals surface area contributed by atoms with E-state index in [1.165, 1.54) is 36.7 Å². The van der Waals surface area contributed by atoms with Gasteiger partial charge in [-0.3, -0.25) is 0 Å². The number of rotatable bonds is 2. The lowest BCUT2D eigenvalue weighted by Gasteiger charge is -2.33. The first-order chi connectivity index (χ1) is 13.4. The summed E-state index contributed by atoms with van der Waals surface area (Å²) in [7, 11) is 0. The van der Waals surface area contributed by atoms with E-state index in [9.17, 15) is 18.3 Å². The Hall–Kier alpha value is -2.97. The van der Waals surface area contributed by atoms with E-state index >= 15 is 0 Å². The molecule has 2 aliphatic rings. The number of hydrogen-bond donors (Lipinski definition) is 1. The third kappa shape index (κ3) is 3.44. The Kier molecular flexibility index (Phi) is 5.35. The third-order valence-corrected chi connectivity index (χ3v) is 5.09. The van der Waals surface area contributed by atoms with Crippen LogP contribution in [0.5, 0.6) is 0 Å². The molecule has 144 valence electrons. The molecule has 2 saturated carbocycles. The van der Waals surface area contributed by atoms with Gasteiger partial charge in [-0.1, -0.05) is 0 Å². The maximum Gasteiger partial charge on any atom is 0.282 e. The Morgan fingerprint density at radius 1 is 0.893 bits per heavy atom. The van der Waals surface area contributed by atoms with Crippen LogP contribution in [0.2, 0.25) is 0 Å². The molecule has 0 saturated heterocycles. The van der Waals surface area contributed by atoms with Crippen LogP contribution in [0.1, 0.15) is 37.1 Å². The molecule has 28 heavy (non-hydrogen) atoms. The van der Waals surface area contributed by atoms with Gasteiger partial charge in [0, 0.05) is 12.4 Å². The fourth-order valence-corrected chi connectivity index (χ4v) is 3.52. The molecule has 4 rings (SSSR count). The Labute approximate surface area is 160 Å². The van der Waals surface area contributed by atoms with Crippen molar-refractivity contribution in [2.45, 2.75) is 49.0 Å². The van der Waals surface area contributed by atoms with Gasteiger partial charge in [-0.2, -0.15) is 0 Å². The monoisotopic (exact) mass is 386 g/mol. The highest BCUT2D eigenvalue weighted by atomic mass is 19.1. The summed E-state index contributed by atoms with van der Waals surface area (Å²) in [6.07, 6.45) is 2.09. The van der Waals surface area contributed by atoms with E-state index in [1.54, 1.807) is 0 Å². The third-order valence-electron chi connectivity index (χ3n) is 5.09. The maximum absolute atomic E-state index is 13.3. The summed E-state index contributed by atoms with van der Waals surface area (Å²) >= 11 is 0. The average Bonchev–Trinajstić information content (AvgIpc) is 2.64. The summed E-state index contributed by atoms with van der Waals surface area (Å²) in [4.78, 5) is 14.4. The molecule has 0 bridgehead atoms. The number of aromatic nitrogens is 2. The van der Waals surface area contributed by atoms with Crippen molar-refractivity contribution in [3.8, 4) is 0 Å². The van der Waals surface area contributed by atoms with Crippen LogP contribution in [0.25, 0.3) is 9.69 Å². The lowest BCUT2D eigenvalue weighted by Crippen LogP contribution is -2.43.